The van der Waals surface area contributed by atoms with Crippen molar-refractivity contribution in [1.29, 1.82) is 0 Å². The maximum Gasteiger partial charge on any atom is 0.255 e. The summed E-state index contributed by atoms with van der Waals surface area (Å²) >= 11 is 0. The second-order valence-corrected chi connectivity index (χ2v) is 7.06. The van der Waals surface area contributed by atoms with E-state index in [9.17, 15) is 29.7 Å². The van der Waals surface area contributed by atoms with Crippen molar-refractivity contribution in [2.45, 2.75) is 45.3 Å². The number of fused-ring (bicyclic) bond motifs is 3. The van der Waals surface area contributed by atoms with Gasteiger partial charge >= 0.3 is 0 Å². The number of hydrogen-bond donors (Lipinski definition) is 4. The highest BCUT2D eigenvalue weighted by atomic mass is 16.7. The summed E-state index contributed by atoms with van der Waals surface area (Å²) in [5.41, 5.74) is 2.62. The van der Waals surface area contributed by atoms with Gasteiger partial charge in [0.25, 0.3) is 5.91 Å². The van der Waals surface area contributed by atoms with Gasteiger partial charge in [0.2, 0.25) is 5.79 Å². The summed E-state index contributed by atoms with van der Waals surface area (Å²) in [4.78, 5) is 36.6. The van der Waals surface area contributed by atoms with Gasteiger partial charge in [-0.05, 0) is 27.7 Å². The number of hydrogen-bond acceptors (Lipinski definition) is 8. The molecule has 1 amide bonds. The Kier molecular flexibility index (Phi) is 4.19. The van der Waals surface area contributed by atoms with E-state index in [4.69, 9.17) is 15.2 Å². The lowest BCUT2D eigenvalue weighted by Gasteiger charge is -2.43. The Labute approximate surface area is 160 Å². The van der Waals surface area contributed by atoms with Crippen LogP contribution in [0.1, 0.15) is 48.7 Å². The molecule has 0 radical (unpaired) electrons. The average Bonchev–Trinajstić information content (AvgIpc) is 2.82. The summed E-state index contributed by atoms with van der Waals surface area (Å²) in [6.45, 7) is 5.68. The molecule has 1 aromatic carbocycles. The fraction of sp³-hybridized carbons (Fsp3) is 0.421. The van der Waals surface area contributed by atoms with Crippen LogP contribution in [-0.2, 0) is 19.7 Å². The molecule has 28 heavy (non-hydrogen) atoms. The Balaban J connectivity index is 2.51. The maximum absolute atomic E-state index is 12.5. The number of aromatic hydroxyl groups is 2. The number of aliphatic hydroxyl groups is 1. The zero-order valence-electron chi connectivity index (χ0n) is 15.9. The number of Topliss-reactive ketones (excluding diaryl/α,β-unsaturated/α-hetero) is 2. The van der Waals surface area contributed by atoms with Gasteiger partial charge in [-0.25, -0.2) is 0 Å². The first-order chi connectivity index (χ1) is 12.9. The molecule has 5 N–H and O–H groups in total. The summed E-state index contributed by atoms with van der Waals surface area (Å²) in [6, 6.07) is 0. The molecule has 2 aliphatic rings. The number of primary amides is 1. The lowest BCUT2D eigenvalue weighted by Crippen LogP contribution is -2.58. The standard InChI is InChI=1S/C19H21NO8/c1-5-27-19-6-9(22)11(17(20)26)16(25)18(19,4)12-14(24)7(2)13(23)10(8(3)21)15(12)28-19/h23-25H,5-6H2,1-4H3,(H2,20,26)/t18-,19+/m0/s1. The molecule has 0 unspecified atom stereocenters. The summed E-state index contributed by atoms with van der Waals surface area (Å²) in [7, 11) is 0. The third-order valence-corrected chi connectivity index (χ3v) is 5.53. The van der Waals surface area contributed by atoms with Crippen molar-refractivity contribution in [2.75, 3.05) is 6.61 Å². The van der Waals surface area contributed by atoms with E-state index in [0.717, 1.165) is 0 Å². The third-order valence-electron chi connectivity index (χ3n) is 5.53. The van der Waals surface area contributed by atoms with Crippen molar-refractivity contribution < 1.29 is 39.2 Å². The van der Waals surface area contributed by atoms with Crippen molar-refractivity contribution in [3.8, 4) is 17.2 Å². The highest BCUT2D eigenvalue weighted by Crippen LogP contribution is 2.63. The lowest BCUT2D eigenvalue weighted by atomic mass is 9.66. The van der Waals surface area contributed by atoms with E-state index >= 15 is 0 Å². The largest absolute Gasteiger partial charge is 0.510 e. The van der Waals surface area contributed by atoms with E-state index in [-0.39, 0.29) is 29.0 Å². The first-order valence-electron chi connectivity index (χ1n) is 8.64. The molecule has 0 fully saturated rings. The van der Waals surface area contributed by atoms with Crippen LogP contribution in [0.2, 0.25) is 0 Å². The van der Waals surface area contributed by atoms with Gasteiger partial charge in [-0.15, -0.1) is 0 Å². The normalized spacial score (nSPS) is 25.9. The van der Waals surface area contributed by atoms with E-state index in [0.29, 0.717) is 0 Å². The SMILES string of the molecule is CCO[C@@]12CC(=O)C(C(N)=O)=C(O)[C@]1(C)c1c(O)c(C)c(O)c(C(C)=O)c1O2. The molecular formula is C19H21NO8. The van der Waals surface area contributed by atoms with Crippen molar-refractivity contribution in [3.05, 3.63) is 28.0 Å². The van der Waals surface area contributed by atoms with Gasteiger partial charge < -0.3 is 30.5 Å². The number of carbonyl (C=O) groups is 3. The van der Waals surface area contributed by atoms with Gasteiger partial charge in [0, 0.05) is 12.2 Å². The number of rotatable bonds is 4. The van der Waals surface area contributed by atoms with Crippen LogP contribution in [0.3, 0.4) is 0 Å². The van der Waals surface area contributed by atoms with Crippen LogP contribution in [0.5, 0.6) is 17.2 Å². The molecule has 2 atom stereocenters. The first kappa shape index (κ1) is 19.7. The Bertz CT molecular complexity index is 979. The average molecular weight is 391 g/mol. The van der Waals surface area contributed by atoms with Gasteiger partial charge in [-0.3, -0.25) is 14.4 Å². The van der Waals surface area contributed by atoms with Gasteiger partial charge in [-0.1, -0.05) is 0 Å². The fourth-order valence-corrected chi connectivity index (χ4v) is 4.08. The molecule has 9 nitrogen and oxygen atoms in total. The maximum atomic E-state index is 12.5. The van der Waals surface area contributed by atoms with Crippen LogP contribution in [0.25, 0.3) is 0 Å². The van der Waals surface area contributed by atoms with Gasteiger partial charge in [-0.2, -0.15) is 0 Å². The summed E-state index contributed by atoms with van der Waals surface area (Å²) in [5, 5.41) is 32.1. The van der Waals surface area contributed by atoms with Crippen LogP contribution < -0.4 is 10.5 Å². The number of aliphatic hydroxyl groups excluding tert-OH is 1. The van der Waals surface area contributed by atoms with Crippen molar-refractivity contribution in [3.63, 3.8) is 0 Å². The van der Waals surface area contributed by atoms with Gasteiger partial charge in [0.15, 0.2) is 11.6 Å². The van der Waals surface area contributed by atoms with Crippen LogP contribution in [0.15, 0.2) is 11.3 Å². The molecule has 150 valence electrons. The molecule has 0 bridgehead atoms. The monoisotopic (exact) mass is 391 g/mol. The minimum atomic E-state index is -1.84. The Morgan fingerprint density at radius 3 is 2.36 bits per heavy atom. The van der Waals surface area contributed by atoms with Crippen LogP contribution >= 0.6 is 0 Å². The summed E-state index contributed by atoms with van der Waals surface area (Å²) in [6.07, 6.45) is -0.495. The van der Waals surface area contributed by atoms with Gasteiger partial charge in [0.05, 0.1) is 12.0 Å². The molecule has 1 aromatic rings. The second kappa shape index (κ2) is 5.96. The Morgan fingerprint density at radius 1 is 1.25 bits per heavy atom. The minimum Gasteiger partial charge on any atom is -0.510 e. The predicted octanol–water partition coefficient (Wildman–Crippen LogP) is 1.26. The molecule has 9 heteroatoms. The number of ketones is 2. The fourth-order valence-electron chi connectivity index (χ4n) is 4.08. The lowest BCUT2D eigenvalue weighted by molar-refractivity contribution is -0.212. The van der Waals surface area contributed by atoms with Crippen molar-refractivity contribution in [2.24, 2.45) is 5.73 Å². The number of phenols is 2. The number of nitrogens with two attached hydrogens (primary N) is 1. The number of phenolic OH excluding ortho intramolecular Hbond substituents is 2. The minimum absolute atomic E-state index is 0.0219. The van der Waals surface area contributed by atoms with Crippen LogP contribution in [0.4, 0.5) is 0 Å². The quantitative estimate of drug-likeness (QED) is 0.441. The molecule has 0 spiro atoms. The zero-order chi connectivity index (χ0) is 21.2. The number of benzene rings is 1. The van der Waals surface area contributed by atoms with Gasteiger partial charge in [0.1, 0.15) is 39.6 Å². The number of ether oxygens (including phenoxy) is 2. The highest BCUT2D eigenvalue weighted by Gasteiger charge is 2.68. The van der Waals surface area contributed by atoms with Crippen LogP contribution in [-0.4, -0.2) is 45.2 Å². The molecule has 1 aliphatic heterocycles. The van der Waals surface area contributed by atoms with E-state index < -0.39 is 57.9 Å². The molecule has 0 saturated carbocycles. The molecule has 1 aliphatic carbocycles. The number of amides is 1. The molecular weight excluding hydrogens is 370 g/mol. The first-order valence-corrected chi connectivity index (χ1v) is 8.64. The van der Waals surface area contributed by atoms with E-state index in [1.807, 2.05) is 0 Å². The zero-order valence-corrected chi connectivity index (χ0v) is 15.9. The Hall–Kier alpha value is -3.07. The topological polar surface area (TPSA) is 156 Å². The molecule has 0 aromatic heterocycles. The van der Waals surface area contributed by atoms with E-state index in [2.05, 4.69) is 0 Å². The van der Waals surface area contributed by atoms with Crippen molar-refractivity contribution in [1.82, 2.24) is 0 Å². The number of carbonyl (C=O) groups excluding carboxylic acids is 3. The molecule has 0 saturated heterocycles. The second-order valence-electron chi connectivity index (χ2n) is 7.06. The van der Waals surface area contributed by atoms with E-state index in [1.165, 1.54) is 20.8 Å². The Morgan fingerprint density at radius 2 is 1.86 bits per heavy atom. The molecule has 3 rings (SSSR count). The van der Waals surface area contributed by atoms with Crippen LogP contribution in [0, 0.1) is 6.92 Å². The van der Waals surface area contributed by atoms with Crippen molar-refractivity contribution >= 4 is 17.5 Å². The predicted molar refractivity (Wildman–Crippen MR) is 95.3 cm³/mol. The third kappa shape index (κ3) is 2.13. The molecule has 1 heterocycles. The smallest absolute Gasteiger partial charge is 0.255 e. The van der Waals surface area contributed by atoms with E-state index in [1.54, 1.807) is 6.92 Å². The summed E-state index contributed by atoms with van der Waals surface area (Å²) in [5.74, 6) is -6.21. The summed E-state index contributed by atoms with van der Waals surface area (Å²) < 4.78 is 11.6. The highest BCUT2D eigenvalue weighted by molar-refractivity contribution is 6.20.